The Morgan fingerprint density at radius 3 is 2.66 bits per heavy atom. The van der Waals surface area contributed by atoms with Gasteiger partial charge in [-0.1, -0.05) is 30.0 Å². The van der Waals surface area contributed by atoms with Gasteiger partial charge >= 0.3 is 0 Å². The molecule has 8 nitrogen and oxygen atoms in total. The van der Waals surface area contributed by atoms with E-state index >= 15 is 0 Å². The maximum absolute atomic E-state index is 12.7. The molecule has 2 aromatic carbocycles. The van der Waals surface area contributed by atoms with Gasteiger partial charge in [0.1, 0.15) is 0 Å². The van der Waals surface area contributed by atoms with E-state index in [1.807, 2.05) is 38.1 Å². The predicted molar refractivity (Wildman–Crippen MR) is 113 cm³/mol. The fraction of sp³-hybridized carbons (Fsp3) is 0.250. The summed E-state index contributed by atoms with van der Waals surface area (Å²) in [5.41, 5.74) is 4.20. The Morgan fingerprint density at radius 2 is 1.90 bits per heavy atom. The van der Waals surface area contributed by atoms with Gasteiger partial charge in [0.2, 0.25) is 17.0 Å². The first-order valence-corrected chi connectivity index (χ1v) is 9.92. The molecule has 0 saturated heterocycles. The highest BCUT2D eigenvalue weighted by atomic mass is 32.2. The second kappa shape index (κ2) is 8.87. The van der Waals surface area contributed by atoms with E-state index in [-0.39, 0.29) is 11.8 Å². The number of anilines is 2. The van der Waals surface area contributed by atoms with Gasteiger partial charge in [-0.3, -0.25) is 9.59 Å². The maximum Gasteiger partial charge on any atom is 0.237 e. The van der Waals surface area contributed by atoms with Crippen molar-refractivity contribution in [1.82, 2.24) is 20.2 Å². The Kier molecular flexibility index (Phi) is 6.28. The normalized spacial score (nSPS) is 11.7. The van der Waals surface area contributed by atoms with Crippen LogP contribution in [0.2, 0.25) is 0 Å². The molecule has 1 heterocycles. The monoisotopic (exact) mass is 410 g/mol. The summed E-state index contributed by atoms with van der Waals surface area (Å²) >= 11 is 1.26. The molecule has 0 unspecified atom stereocenters. The van der Waals surface area contributed by atoms with Crippen molar-refractivity contribution in [3.63, 3.8) is 0 Å². The smallest absolute Gasteiger partial charge is 0.237 e. The maximum atomic E-state index is 12.7. The molecule has 0 fully saturated rings. The van der Waals surface area contributed by atoms with Crippen LogP contribution in [-0.4, -0.2) is 37.3 Å². The van der Waals surface area contributed by atoms with Gasteiger partial charge in [-0.25, -0.2) is 0 Å². The van der Waals surface area contributed by atoms with E-state index in [1.54, 1.807) is 25.1 Å². The van der Waals surface area contributed by atoms with Crippen molar-refractivity contribution in [2.24, 2.45) is 0 Å². The lowest BCUT2D eigenvalue weighted by Crippen LogP contribution is -2.23. The SMILES string of the molecule is CC(=O)Nc1cccc(-n2nnnc2S[C@H](C)C(=O)Nc2cc(C)ccc2C)c1. The van der Waals surface area contributed by atoms with E-state index in [0.29, 0.717) is 16.5 Å². The molecule has 0 aliphatic rings. The second-order valence-electron chi connectivity index (χ2n) is 6.67. The molecule has 0 aliphatic heterocycles. The van der Waals surface area contributed by atoms with Crippen LogP contribution in [0.5, 0.6) is 0 Å². The minimum Gasteiger partial charge on any atom is -0.326 e. The number of hydrogen-bond acceptors (Lipinski definition) is 6. The lowest BCUT2D eigenvalue weighted by molar-refractivity contribution is -0.115. The fourth-order valence-electron chi connectivity index (χ4n) is 2.65. The van der Waals surface area contributed by atoms with Crippen molar-refractivity contribution >= 4 is 35.0 Å². The molecule has 9 heteroatoms. The van der Waals surface area contributed by atoms with Gasteiger partial charge in [0, 0.05) is 18.3 Å². The van der Waals surface area contributed by atoms with Crippen LogP contribution in [0, 0.1) is 13.8 Å². The molecule has 3 rings (SSSR count). The molecule has 0 saturated carbocycles. The first-order chi connectivity index (χ1) is 13.8. The molecule has 3 aromatic rings. The number of thioether (sulfide) groups is 1. The van der Waals surface area contributed by atoms with Crippen LogP contribution >= 0.6 is 11.8 Å². The summed E-state index contributed by atoms with van der Waals surface area (Å²) in [6, 6.07) is 13.1. The molecule has 0 aliphatic carbocycles. The summed E-state index contributed by atoms with van der Waals surface area (Å²) in [5.74, 6) is -0.296. The van der Waals surface area contributed by atoms with Crippen molar-refractivity contribution in [3.8, 4) is 5.69 Å². The molecule has 2 amide bonds. The van der Waals surface area contributed by atoms with Crippen molar-refractivity contribution in [2.45, 2.75) is 38.1 Å². The number of amides is 2. The van der Waals surface area contributed by atoms with Crippen molar-refractivity contribution < 1.29 is 9.59 Å². The standard InChI is InChI=1S/C20H22N6O2S/c1-12-8-9-13(2)18(10-12)22-19(28)14(3)29-20-23-24-25-26(20)17-7-5-6-16(11-17)21-15(4)27/h5-11,14H,1-4H3,(H,21,27)(H,22,28)/t14-/m1/s1. The third-order valence-electron chi connectivity index (χ3n) is 4.15. The largest absolute Gasteiger partial charge is 0.326 e. The minimum absolute atomic E-state index is 0.134. The molecular weight excluding hydrogens is 388 g/mol. The fourth-order valence-corrected chi connectivity index (χ4v) is 3.46. The van der Waals surface area contributed by atoms with Crippen molar-refractivity contribution in [2.75, 3.05) is 10.6 Å². The van der Waals surface area contributed by atoms with Crippen LogP contribution in [0.3, 0.4) is 0 Å². The number of nitrogens with one attached hydrogen (secondary N) is 2. The highest BCUT2D eigenvalue weighted by Crippen LogP contribution is 2.25. The number of hydrogen-bond donors (Lipinski definition) is 2. The van der Waals surface area contributed by atoms with Crippen LogP contribution in [0.4, 0.5) is 11.4 Å². The number of benzene rings is 2. The first kappa shape index (κ1) is 20.5. The lowest BCUT2D eigenvalue weighted by atomic mass is 10.1. The zero-order chi connectivity index (χ0) is 21.0. The molecule has 29 heavy (non-hydrogen) atoms. The third kappa shape index (κ3) is 5.20. The predicted octanol–water partition coefficient (Wildman–Crippen LogP) is 3.36. The zero-order valence-corrected chi connectivity index (χ0v) is 17.4. The average Bonchev–Trinajstić information content (AvgIpc) is 3.12. The molecular formula is C20H22N6O2S. The molecule has 1 aromatic heterocycles. The van der Waals surface area contributed by atoms with Crippen molar-refractivity contribution in [3.05, 3.63) is 53.6 Å². The van der Waals surface area contributed by atoms with Crippen LogP contribution < -0.4 is 10.6 Å². The van der Waals surface area contributed by atoms with Gasteiger partial charge in [-0.2, -0.15) is 4.68 Å². The Hall–Kier alpha value is -3.20. The highest BCUT2D eigenvalue weighted by Gasteiger charge is 2.20. The Balaban J connectivity index is 1.75. The van der Waals surface area contributed by atoms with E-state index in [0.717, 1.165) is 16.8 Å². The van der Waals surface area contributed by atoms with Gasteiger partial charge < -0.3 is 10.6 Å². The number of aryl methyl sites for hydroxylation is 2. The third-order valence-corrected chi connectivity index (χ3v) is 5.19. The van der Waals surface area contributed by atoms with E-state index in [4.69, 9.17) is 0 Å². The van der Waals surface area contributed by atoms with Gasteiger partial charge in [0.25, 0.3) is 0 Å². The van der Waals surface area contributed by atoms with E-state index in [1.165, 1.54) is 23.4 Å². The second-order valence-corrected chi connectivity index (χ2v) is 7.98. The molecule has 0 spiro atoms. The zero-order valence-electron chi connectivity index (χ0n) is 16.6. The number of carbonyl (C=O) groups excluding carboxylic acids is 2. The topological polar surface area (TPSA) is 102 Å². The van der Waals surface area contributed by atoms with E-state index < -0.39 is 5.25 Å². The quantitative estimate of drug-likeness (QED) is 0.604. The number of carbonyl (C=O) groups is 2. The lowest BCUT2D eigenvalue weighted by Gasteiger charge is -2.14. The van der Waals surface area contributed by atoms with E-state index in [2.05, 4.69) is 26.2 Å². The summed E-state index contributed by atoms with van der Waals surface area (Å²) in [6.45, 7) is 7.19. The summed E-state index contributed by atoms with van der Waals surface area (Å²) in [5, 5.41) is 17.6. The Morgan fingerprint density at radius 1 is 1.10 bits per heavy atom. The summed E-state index contributed by atoms with van der Waals surface area (Å²) in [6.07, 6.45) is 0. The molecule has 1 atom stereocenters. The Labute approximate surface area is 173 Å². The minimum atomic E-state index is -0.418. The summed E-state index contributed by atoms with van der Waals surface area (Å²) in [7, 11) is 0. The number of nitrogens with zero attached hydrogens (tertiary/aromatic N) is 4. The van der Waals surface area contributed by atoms with Crippen LogP contribution in [-0.2, 0) is 9.59 Å². The number of tetrazole rings is 1. The van der Waals surface area contributed by atoms with E-state index in [9.17, 15) is 9.59 Å². The highest BCUT2D eigenvalue weighted by molar-refractivity contribution is 8.00. The number of aromatic nitrogens is 4. The molecule has 2 N–H and O–H groups in total. The molecule has 0 bridgehead atoms. The van der Waals surface area contributed by atoms with Gasteiger partial charge in [-0.05, 0) is 66.6 Å². The average molecular weight is 411 g/mol. The molecule has 150 valence electrons. The van der Waals surface area contributed by atoms with Gasteiger partial charge in [-0.15, -0.1) is 5.10 Å². The van der Waals surface area contributed by atoms with Crippen LogP contribution in [0.15, 0.2) is 47.6 Å². The Bertz CT molecular complexity index is 1050. The summed E-state index contributed by atoms with van der Waals surface area (Å²) in [4.78, 5) is 24.0. The van der Waals surface area contributed by atoms with Crippen LogP contribution in [0.25, 0.3) is 5.69 Å². The molecule has 0 radical (unpaired) electrons. The van der Waals surface area contributed by atoms with Gasteiger partial charge in [0.15, 0.2) is 0 Å². The first-order valence-electron chi connectivity index (χ1n) is 9.04. The van der Waals surface area contributed by atoms with Crippen LogP contribution in [0.1, 0.15) is 25.0 Å². The summed E-state index contributed by atoms with van der Waals surface area (Å²) < 4.78 is 1.54. The van der Waals surface area contributed by atoms with Gasteiger partial charge in [0.05, 0.1) is 10.9 Å². The number of rotatable bonds is 6. The van der Waals surface area contributed by atoms with Crippen molar-refractivity contribution in [1.29, 1.82) is 0 Å².